The Kier molecular flexibility index (Phi) is 4.29. The van der Waals surface area contributed by atoms with E-state index in [1.165, 1.54) is 0 Å². The third kappa shape index (κ3) is 3.34. The van der Waals surface area contributed by atoms with Gasteiger partial charge in [-0.05, 0) is 18.9 Å². The molecule has 0 amide bonds. The summed E-state index contributed by atoms with van der Waals surface area (Å²) in [7, 11) is 0. The molecule has 0 saturated heterocycles. The summed E-state index contributed by atoms with van der Waals surface area (Å²) in [5.74, 6) is 0.925. The minimum Gasteiger partial charge on any atom is -0.508 e. The van der Waals surface area contributed by atoms with Crippen LogP contribution in [-0.4, -0.2) is 21.1 Å². The minimum atomic E-state index is -0.451. The van der Waals surface area contributed by atoms with Crippen LogP contribution in [0.1, 0.15) is 42.6 Å². The van der Waals surface area contributed by atoms with Gasteiger partial charge in [-0.25, -0.2) is 4.98 Å². The molecular weight excluding hydrogens is 292 g/mol. The van der Waals surface area contributed by atoms with Crippen LogP contribution < -0.4 is 10.9 Å². The predicted octanol–water partition coefficient (Wildman–Crippen LogP) is 2.29. The van der Waals surface area contributed by atoms with Gasteiger partial charge in [0.1, 0.15) is 17.6 Å². The van der Waals surface area contributed by atoms with Crippen LogP contribution >= 0.6 is 0 Å². The molecular formula is C17H18N4O2. The van der Waals surface area contributed by atoms with Crippen LogP contribution in [0, 0.1) is 11.3 Å². The van der Waals surface area contributed by atoms with Gasteiger partial charge in [0, 0.05) is 18.0 Å². The maximum absolute atomic E-state index is 12.1. The van der Waals surface area contributed by atoms with Crippen LogP contribution in [0.3, 0.4) is 0 Å². The third-order valence-electron chi connectivity index (χ3n) is 4.13. The van der Waals surface area contributed by atoms with Gasteiger partial charge in [0.05, 0.1) is 0 Å². The van der Waals surface area contributed by atoms with Crippen molar-refractivity contribution in [3.63, 3.8) is 0 Å². The molecule has 0 bridgehead atoms. The molecule has 1 aliphatic carbocycles. The van der Waals surface area contributed by atoms with Crippen molar-refractivity contribution in [1.29, 1.82) is 5.26 Å². The molecule has 3 N–H and O–H groups in total. The van der Waals surface area contributed by atoms with Crippen LogP contribution in [0.5, 0.6) is 5.75 Å². The fourth-order valence-corrected chi connectivity index (χ4v) is 2.92. The quantitative estimate of drug-likeness (QED) is 0.804. The van der Waals surface area contributed by atoms with E-state index >= 15 is 0 Å². The number of rotatable bonds is 4. The molecule has 1 aliphatic rings. The molecule has 1 heterocycles. The lowest BCUT2D eigenvalue weighted by Gasteiger charge is -2.14. The first-order chi connectivity index (χ1) is 11.2. The van der Waals surface area contributed by atoms with Gasteiger partial charge in [-0.15, -0.1) is 0 Å². The van der Waals surface area contributed by atoms with Crippen LogP contribution in [-0.2, 0) is 6.42 Å². The van der Waals surface area contributed by atoms with Gasteiger partial charge in [-0.2, -0.15) is 5.26 Å². The first-order valence-corrected chi connectivity index (χ1v) is 7.74. The largest absolute Gasteiger partial charge is 0.508 e. The van der Waals surface area contributed by atoms with E-state index in [1.807, 2.05) is 12.1 Å². The molecule has 6 heteroatoms. The zero-order valence-corrected chi connectivity index (χ0v) is 12.7. The van der Waals surface area contributed by atoms with Gasteiger partial charge in [-0.3, -0.25) is 4.79 Å². The molecule has 1 saturated carbocycles. The number of para-hydroxylation sites is 1. The maximum atomic E-state index is 12.1. The summed E-state index contributed by atoms with van der Waals surface area (Å²) in [6.45, 7) is 0. The van der Waals surface area contributed by atoms with E-state index in [9.17, 15) is 15.2 Å². The van der Waals surface area contributed by atoms with Crippen LogP contribution in [0.15, 0.2) is 29.1 Å². The second-order valence-corrected chi connectivity index (χ2v) is 5.78. The average molecular weight is 310 g/mol. The van der Waals surface area contributed by atoms with Crippen molar-refractivity contribution < 1.29 is 5.11 Å². The van der Waals surface area contributed by atoms with Crippen molar-refractivity contribution in [3.05, 3.63) is 51.6 Å². The van der Waals surface area contributed by atoms with Crippen molar-refractivity contribution in [2.24, 2.45) is 0 Å². The molecule has 0 atom stereocenters. The fourth-order valence-electron chi connectivity index (χ4n) is 2.92. The number of hydrogen-bond donors (Lipinski definition) is 3. The van der Waals surface area contributed by atoms with E-state index < -0.39 is 5.56 Å². The Morgan fingerprint density at radius 1 is 1.35 bits per heavy atom. The monoisotopic (exact) mass is 310 g/mol. The second-order valence-electron chi connectivity index (χ2n) is 5.78. The predicted molar refractivity (Wildman–Crippen MR) is 86.4 cm³/mol. The number of benzene rings is 1. The smallest absolute Gasteiger partial charge is 0.271 e. The Hall–Kier alpha value is -2.81. The number of nitrogens with one attached hydrogen (secondary N) is 2. The van der Waals surface area contributed by atoms with E-state index in [4.69, 9.17) is 0 Å². The van der Waals surface area contributed by atoms with E-state index in [1.54, 1.807) is 18.2 Å². The second kappa shape index (κ2) is 6.53. The summed E-state index contributed by atoms with van der Waals surface area (Å²) in [5.41, 5.74) is 0.235. The number of aromatic amines is 1. The van der Waals surface area contributed by atoms with Gasteiger partial charge < -0.3 is 15.4 Å². The molecule has 23 heavy (non-hydrogen) atoms. The number of anilines is 1. The van der Waals surface area contributed by atoms with Crippen molar-refractivity contribution in [1.82, 2.24) is 9.97 Å². The topological polar surface area (TPSA) is 102 Å². The van der Waals surface area contributed by atoms with Crippen LogP contribution in [0.2, 0.25) is 0 Å². The zero-order chi connectivity index (χ0) is 16.2. The number of H-pyrrole nitrogens is 1. The average Bonchev–Trinajstić information content (AvgIpc) is 3.02. The van der Waals surface area contributed by atoms with Gasteiger partial charge >= 0.3 is 0 Å². The molecule has 1 aromatic heterocycles. The molecule has 118 valence electrons. The van der Waals surface area contributed by atoms with Gasteiger partial charge in [0.2, 0.25) is 0 Å². The Labute approximate surface area is 133 Å². The number of hydrogen-bond acceptors (Lipinski definition) is 5. The number of aromatic nitrogens is 2. The summed E-state index contributed by atoms with van der Waals surface area (Å²) in [6.07, 6.45) is 4.64. The molecule has 3 rings (SSSR count). The minimum absolute atomic E-state index is 0.0120. The zero-order valence-electron chi connectivity index (χ0n) is 12.7. The van der Waals surface area contributed by atoms with Gasteiger partial charge in [0.25, 0.3) is 5.56 Å². The molecule has 0 aliphatic heterocycles. The number of phenols is 1. The van der Waals surface area contributed by atoms with E-state index in [0.717, 1.165) is 25.7 Å². The lowest BCUT2D eigenvalue weighted by atomic mass is 10.1. The standard InChI is InChI=1S/C17H18N4O2/c18-10-13-16(19-12-6-2-3-7-12)20-15(21-17(13)23)9-11-5-1-4-8-14(11)22/h1,4-5,8,12,22H,2-3,6-7,9H2,(H2,19,20,21,23). The summed E-state index contributed by atoms with van der Waals surface area (Å²) in [5, 5.41) is 22.3. The van der Waals surface area contributed by atoms with Crippen LogP contribution in [0.4, 0.5) is 5.82 Å². The summed E-state index contributed by atoms with van der Waals surface area (Å²) in [6, 6.07) is 9.10. The van der Waals surface area contributed by atoms with Crippen LogP contribution in [0.25, 0.3) is 0 Å². The fraction of sp³-hybridized carbons (Fsp3) is 0.353. The highest BCUT2D eigenvalue weighted by molar-refractivity contribution is 5.51. The highest BCUT2D eigenvalue weighted by Gasteiger charge is 2.19. The lowest BCUT2D eigenvalue weighted by molar-refractivity contribution is 0.469. The van der Waals surface area contributed by atoms with Crippen molar-refractivity contribution in [3.8, 4) is 11.8 Å². The molecule has 0 radical (unpaired) electrons. The first-order valence-electron chi connectivity index (χ1n) is 7.74. The molecule has 1 aromatic carbocycles. The van der Waals surface area contributed by atoms with Gasteiger partial charge in [-0.1, -0.05) is 31.0 Å². The highest BCUT2D eigenvalue weighted by Crippen LogP contribution is 2.23. The molecule has 2 aromatic rings. The van der Waals surface area contributed by atoms with E-state index in [2.05, 4.69) is 15.3 Å². The third-order valence-corrected chi connectivity index (χ3v) is 4.13. The maximum Gasteiger partial charge on any atom is 0.271 e. The number of aromatic hydroxyl groups is 1. The van der Waals surface area contributed by atoms with Gasteiger partial charge in [0.15, 0.2) is 11.4 Å². The van der Waals surface area contributed by atoms with Crippen molar-refractivity contribution in [2.75, 3.05) is 5.32 Å². The Balaban J connectivity index is 1.92. The summed E-state index contributed by atoms with van der Waals surface area (Å²) in [4.78, 5) is 19.2. The molecule has 6 nitrogen and oxygen atoms in total. The summed E-state index contributed by atoms with van der Waals surface area (Å²) < 4.78 is 0. The summed E-state index contributed by atoms with van der Waals surface area (Å²) >= 11 is 0. The van der Waals surface area contributed by atoms with Crippen molar-refractivity contribution >= 4 is 5.82 Å². The van der Waals surface area contributed by atoms with Crippen molar-refractivity contribution in [2.45, 2.75) is 38.1 Å². The number of phenolic OH excluding ortho intramolecular Hbond substituents is 1. The molecule has 0 unspecified atom stereocenters. The molecule has 1 fully saturated rings. The Bertz CT molecular complexity index is 801. The SMILES string of the molecule is N#Cc1c(NC2CCCC2)nc(Cc2ccccc2O)[nH]c1=O. The van der Waals surface area contributed by atoms with E-state index in [-0.39, 0.29) is 17.4 Å². The normalized spacial score (nSPS) is 14.6. The molecule has 0 spiro atoms. The van der Waals surface area contributed by atoms with E-state index in [0.29, 0.717) is 23.6 Å². The Morgan fingerprint density at radius 2 is 2.09 bits per heavy atom. The number of nitriles is 1. The highest BCUT2D eigenvalue weighted by atomic mass is 16.3. The number of nitrogens with zero attached hydrogens (tertiary/aromatic N) is 2. The Morgan fingerprint density at radius 3 is 2.78 bits per heavy atom. The first kappa shape index (κ1) is 15.1. The lowest BCUT2D eigenvalue weighted by Crippen LogP contribution is -2.23.